The van der Waals surface area contributed by atoms with E-state index in [1.807, 2.05) is 73.6 Å². The molecule has 0 saturated heterocycles. The number of nitrogens with zero attached hydrogens (tertiary/aromatic N) is 2. The van der Waals surface area contributed by atoms with Crippen molar-refractivity contribution in [3.8, 4) is 5.75 Å². The zero-order chi connectivity index (χ0) is 18.7. The molecule has 0 bridgehead atoms. The molecule has 1 aliphatic heterocycles. The molecule has 3 rings (SSSR count). The van der Waals surface area contributed by atoms with Gasteiger partial charge in [0, 0.05) is 4.90 Å². The van der Waals surface area contributed by atoms with Crippen LogP contribution in [-0.2, 0) is 4.79 Å². The van der Waals surface area contributed by atoms with Crippen molar-refractivity contribution in [3.63, 3.8) is 0 Å². The van der Waals surface area contributed by atoms with Crippen LogP contribution in [0.2, 0.25) is 0 Å². The van der Waals surface area contributed by atoms with Crippen molar-refractivity contribution in [2.24, 2.45) is 0 Å². The lowest BCUT2D eigenvalue weighted by Gasteiger charge is -2.38. The first-order valence-corrected chi connectivity index (χ1v) is 9.12. The summed E-state index contributed by atoms with van der Waals surface area (Å²) >= 11 is 1.50. The number of fused-ring (bicyclic) bond motifs is 1. The number of ether oxygens (including phenoxy) is 1. The molecule has 0 N–H and O–H groups in total. The number of anilines is 1. The predicted octanol–water partition coefficient (Wildman–Crippen LogP) is 4.25. The van der Waals surface area contributed by atoms with E-state index in [4.69, 9.17) is 4.74 Å². The summed E-state index contributed by atoms with van der Waals surface area (Å²) in [5.41, 5.74) is 1.87. The summed E-state index contributed by atoms with van der Waals surface area (Å²) in [6, 6.07) is 15.6. The normalized spacial score (nSPS) is 16.5. The van der Waals surface area contributed by atoms with Gasteiger partial charge in [0.1, 0.15) is 11.9 Å². The van der Waals surface area contributed by atoms with Gasteiger partial charge in [0.15, 0.2) is 0 Å². The number of rotatable bonds is 5. The van der Waals surface area contributed by atoms with Gasteiger partial charge in [-0.25, -0.2) is 0 Å². The molecule has 1 heterocycles. The molecule has 0 radical (unpaired) electrons. The minimum Gasteiger partial charge on any atom is -0.497 e. The Morgan fingerprint density at radius 2 is 1.85 bits per heavy atom. The summed E-state index contributed by atoms with van der Waals surface area (Å²) in [5, 5.41) is 0. The van der Waals surface area contributed by atoms with E-state index in [0.29, 0.717) is 4.91 Å². The van der Waals surface area contributed by atoms with Gasteiger partial charge in [0.25, 0.3) is 5.91 Å². The van der Waals surface area contributed by atoms with E-state index in [1.165, 1.54) is 11.8 Å². The topological polar surface area (TPSA) is 32.8 Å². The summed E-state index contributed by atoms with van der Waals surface area (Å²) < 4.78 is 5.20. The molecule has 0 aliphatic carbocycles. The van der Waals surface area contributed by atoms with Crippen LogP contribution >= 0.6 is 11.8 Å². The Hall–Kier alpha value is -2.50. The minimum atomic E-state index is -0.219. The first-order chi connectivity index (χ1) is 12.5. The average molecular weight is 366 g/mol. The van der Waals surface area contributed by atoms with Gasteiger partial charge in [0.2, 0.25) is 0 Å². The monoisotopic (exact) mass is 366 g/mol. The van der Waals surface area contributed by atoms with Gasteiger partial charge in [-0.2, -0.15) is 0 Å². The average Bonchev–Trinajstić information content (AvgIpc) is 2.65. The van der Waals surface area contributed by atoms with Crippen molar-refractivity contribution in [3.05, 3.63) is 71.7 Å². The minimum absolute atomic E-state index is 0.0249. The molecule has 134 valence electrons. The number of likely N-dealkylation sites (N-methyl/N-ethyl adjacent to an activating group) is 1. The van der Waals surface area contributed by atoms with Gasteiger partial charge in [-0.05, 0) is 50.0 Å². The lowest BCUT2D eigenvalue weighted by molar-refractivity contribution is -0.115. The quantitative estimate of drug-likeness (QED) is 0.585. The van der Waals surface area contributed by atoms with Crippen molar-refractivity contribution < 1.29 is 9.53 Å². The fourth-order valence-corrected chi connectivity index (χ4v) is 3.92. The second-order valence-electron chi connectivity index (χ2n) is 6.14. The van der Waals surface area contributed by atoms with Crippen LogP contribution < -0.4 is 9.64 Å². The number of hydrogen-bond acceptors (Lipinski definition) is 4. The zero-order valence-electron chi connectivity index (χ0n) is 15.2. The van der Waals surface area contributed by atoms with Gasteiger partial charge in [-0.3, -0.25) is 14.6 Å². The number of amides is 1. The first kappa shape index (κ1) is 18.3. The molecular weight excluding hydrogens is 344 g/mol. The highest BCUT2D eigenvalue weighted by Gasteiger charge is 2.33. The number of carbonyl (C=O) groups is 1. The molecule has 0 aromatic heterocycles. The van der Waals surface area contributed by atoms with Crippen molar-refractivity contribution >= 4 is 29.4 Å². The SMILES string of the molecule is C=CC(N(C)C)N1C(=O)C(=Cc2ccc(OC)cc2)Sc2ccccc21. The maximum Gasteiger partial charge on any atom is 0.266 e. The molecular formula is C21H22N2O2S. The maximum atomic E-state index is 13.3. The Labute approximate surface area is 158 Å². The van der Waals surface area contributed by atoms with Crippen LogP contribution in [0.3, 0.4) is 0 Å². The van der Waals surface area contributed by atoms with Crippen LogP contribution in [0.4, 0.5) is 5.69 Å². The van der Waals surface area contributed by atoms with E-state index in [0.717, 1.165) is 21.9 Å². The molecule has 0 fully saturated rings. The van der Waals surface area contributed by atoms with Crippen LogP contribution in [0.5, 0.6) is 5.75 Å². The summed E-state index contributed by atoms with van der Waals surface area (Å²) in [6.45, 7) is 3.92. The lowest BCUT2D eigenvalue weighted by Crippen LogP contribution is -2.48. The van der Waals surface area contributed by atoms with Gasteiger partial charge < -0.3 is 4.74 Å². The van der Waals surface area contributed by atoms with E-state index in [1.54, 1.807) is 18.1 Å². The molecule has 2 aromatic rings. The Kier molecular flexibility index (Phi) is 5.49. The highest BCUT2D eigenvalue weighted by Crippen LogP contribution is 2.43. The van der Waals surface area contributed by atoms with Crippen LogP contribution in [0.15, 0.2) is 71.0 Å². The molecule has 2 aromatic carbocycles. The molecule has 0 saturated carbocycles. The Morgan fingerprint density at radius 3 is 2.46 bits per heavy atom. The number of hydrogen-bond donors (Lipinski definition) is 0. The van der Waals surface area contributed by atoms with E-state index >= 15 is 0 Å². The summed E-state index contributed by atoms with van der Waals surface area (Å²) in [4.78, 5) is 18.8. The van der Waals surface area contributed by atoms with Crippen LogP contribution in [0.25, 0.3) is 6.08 Å². The van der Waals surface area contributed by atoms with Crippen molar-refractivity contribution in [2.45, 2.75) is 11.1 Å². The summed E-state index contributed by atoms with van der Waals surface area (Å²) in [5.74, 6) is 0.768. The number of para-hydroxylation sites is 1. The predicted molar refractivity (Wildman–Crippen MR) is 108 cm³/mol. The molecule has 26 heavy (non-hydrogen) atoms. The molecule has 5 heteroatoms. The fourth-order valence-electron chi connectivity index (χ4n) is 2.89. The van der Waals surface area contributed by atoms with E-state index in [-0.39, 0.29) is 12.1 Å². The summed E-state index contributed by atoms with van der Waals surface area (Å²) in [7, 11) is 5.52. The molecule has 0 spiro atoms. The zero-order valence-corrected chi connectivity index (χ0v) is 16.0. The van der Waals surface area contributed by atoms with Crippen molar-refractivity contribution in [1.82, 2.24) is 4.90 Å². The fraction of sp³-hybridized carbons (Fsp3) is 0.190. The van der Waals surface area contributed by atoms with Crippen LogP contribution in [0, 0.1) is 0 Å². The van der Waals surface area contributed by atoms with Gasteiger partial charge in [-0.15, -0.1) is 0 Å². The molecule has 1 amide bonds. The highest BCUT2D eigenvalue weighted by atomic mass is 32.2. The third kappa shape index (κ3) is 3.54. The lowest BCUT2D eigenvalue weighted by atomic mass is 10.2. The van der Waals surface area contributed by atoms with Gasteiger partial charge in [0.05, 0.1) is 17.7 Å². The second kappa shape index (κ2) is 7.81. The van der Waals surface area contributed by atoms with Crippen molar-refractivity contribution in [2.75, 3.05) is 26.1 Å². The maximum absolute atomic E-state index is 13.3. The number of benzene rings is 2. The van der Waals surface area contributed by atoms with Gasteiger partial charge >= 0.3 is 0 Å². The van der Waals surface area contributed by atoms with E-state index in [2.05, 4.69) is 6.58 Å². The standard InChI is InChI=1S/C21H22N2O2S/c1-5-20(22(2)3)23-17-8-6-7-9-18(17)26-19(21(23)24)14-15-10-12-16(25-4)13-11-15/h5-14,20H,1H2,2-4H3. The Balaban J connectivity index is 2.04. The largest absolute Gasteiger partial charge is 0.497 e. The molecule has 4 nitrogen and oxygen atoms in total. The number of carbonyl (C=O) groups excluding carboxylic acids is 1. The highest BCUT2D eigenvalue weighted by molar-refractivity contribution is 8.04. The number of methoxy groups -OCH3 is 1. The Bertz CT molecular complexity index is 843. The second-order valence-corrected chi connectivity index (χ2v) is 7.22. The molecule has 1 unspecified atom stereocenters. The van der Waals surface area contributed by atoms with Crippen molar-refractivity contribution in [1.29, 1.82) is 0 Å². The summed E-state index contributed by atoms with van der Waals surface area (Å²) in [6.07, 6.45) is 3.49. The third-order valence-electron chi connectivity index (χ3n) is 4.19. The molecule has 1 atom stereocenters. The van der Waals surface area contributed by atoms with Crippen LogP contribution in [0.1, 0.15) is 5.56 Å². The first-order valence-electron chi connectivity index (χ1n) is 8.30. The van der Waals surface area contributed by atoms with Gasteiger partial charge in [-0.1, -0.05) is 48.7 Å². The van der Waals surface area contributed by atoms with E-state index < -0.39 is 0 Å². The Morgan fingerprint density at radius 1 is 1.15 bits per heavy atom. The number of thioether (sulfide) groups is 1. The third-order valence-corrected chi connectivity index (χ3v) is 5.27. The van der Waals surface area contributed by atoms with Crippen LogP contribution in [-0.4, -0.2) is 38.2 Å². The van der Waals surface area contributed by atoms with E-state index in [9.17, 15) is 4.79 Å². The smallest absolute Gasteiger partial charge is 0.266 e. The molecule has 1 aliphatic rings.